The van der Waals surface area contributed by atoms with Crippen molar-refractivity contribution >= 4 is 34.6 Å². The molecule has 0 spiro atoms. The number of thiazole rings is 1. The summed E-state index contributed by atoms with van der Waals surface area (Å²) in [5.41, 5.74) is 1.37. The lowest BCUT2D eigenvalue weighted by Gasteiger charge is -2.23. The number of amides is 2. The van der Waals surface area contributed by atoms with Gasteiger partial charge in [-0.05, 0) is 70.9 Å². The zero-order valence-corrected chi connectivity index (χ0v) is 20.5. The molecule has 0 saturated heterocycles. The SMILES string of the molecule is Cc1cnc(C(C)(C)NC(=O)C(=O)c2c(C)c(C(=O)Nc3ccc(F)c(C)c3)c(C)n2C)s1. The summed E-state index contributed by atoms with van der Waals surface area (Å²) < 4.78 is 15.1. The van der Waals surface area contributed by atoms with Crippen molar-refractivity contribution in [3.8, 4) is 0 Å². The molecule has 2 heterocycles. The smallest absolute Gasteiger partial charge is 0.294 e. The molecule has 33 heavy (non-hydrogen) atoms. The zero-order valence-electron chi connectivity index (χ0n) is 19.7. The molecule has 9 heteroatoms. The normalized spacial score (nSPS) is 11.4. The predicted molar refractivity (Wildman–Crippen MR) is 126 cm³/mol. The third kappa shape index (κ3) is 4.73. The quantitative estimate of drug-likeness (QED) is 0.414. The van der Waals surface area contributed by atoms with Gasteiger partial charge in [0.05, 0.1) is 16.8 Å². The van der Waals surface area contributed by atoms with E-state index in [-0.39, 0.29) is 11.5 Å². The molecule has 2 amide bonds. The van der Waals surface area contributed by atoms with Crippen molar-refractivity contribution in [1.29, 1.82) is 0 Å². The van der Waals surface area contributed by atoms with Crippen molar-refractivity contribution < 1.29 is 18.8 Å². The summed E-state index contributed by atoms with van der Waals surface area (Å²) in [6, 6.07) is 4.28. The molecule has 0 aliphatic rings. The lowest BCUT2D eigenvalue weighted by atomic mass is 10.0. The maximum atomic E-state index is 13.5. The number of carbonyl (C=O) groups is 3. The number of nitrogens with one attached hydrogen (secondary N) is 2. The number of aromatic nitrogens is 2. The fourth-order valence-corrected chi connectivity index (χ4v) is 4.52. The van der Waals surface area contributed by atoms with Gasteiger partial charge in [-0.25, -0.2) is 9.37 Å². The summed E-state index contributed by atoms with van der Waals surface area (Å²) in [6.07, 6.45) is 1.72. The highest BCUT2D eigenvalue weighted by atomic mass is 32.1. The van der Waals surface area contributed by atoms with Crippen LogP contribution in [0.5, 0.6) is 0 Å². The third-order valence-electron chi connectivity index (χ3n) is 5.58. The number of carbonyl (C=O) groups excluding carboxylic acids is 3. The highest BCUT2D eigenvalue weighted by Crippen LogP contribution is 2.27. The van der Waals surface area contributed by atoms with Gasteiger partial charge in [0.15, 0.2) is 0 Å². The third-order valence-corrected chi connectivity index (χ3v) is 6.81. The van der Waals surface area contributed by atoms with Crippen molar-refractivity contribution in [2.75, 3.05) is 5.32 Å². The van der Waals surface area contributed by atoms with E-state index in [1.165, 1.54) is 29.5 Å². The Kier molecular flexibility index (Phi) is 6.56. The monoisotopic (exact) mass is 470 g/mol. The van der Waals surface area contributed by atoms with Crippen LogP contribution in [0.4, 0.5) is 10.1 Å². The molecular weight excluding hydrogens is 443 g/mol. The van der Waals surface area contributed by atoms with Crippen LogP contribution in [0.2, 0.25) is 0 Å². The fourth-order valence-electron chi connectivity index (χ4n) is 3.70. The molecule has 2 aromatic heterocycles. The Hall–Kier alpha value is -3.33. The van der Waals surface area contributed by atoms with Gasteiger partial charge in [-0.3, -0.25) is 14.4 Å². The fraction of sp³-hybridized carbons (Fsp3) is 0.333. The van der Waals surface area contributed by atoms with Crippen LogP contribution in [0.25, 0.3) is 0 Å². The first kappa shape index (κ1) is 24.3. The van der Waals surface area contributed by atoms with E-state index in [1.54, 1.807) is 52.4 Å². The first-order chi connectivity index (χ1) is 15.3. The minimum absolute atomic E-state index is 0.136. The highest BCUT2D eigenvalue weighted by molar-refractivity contribution is 7.11. The van der Waals surface area contributed by atoms with Crippen LogP contribution in [-0.4, -0.2) is 27.1 Å². The van der Waals surface area contributed by atoms with Gasteiger partial charge >= 0.3 is 0 Å². The van der Waals surface area contributed by atoms with E-state index < -0.39 is 23.1 Å². The molecule has 174 valence electrons. The van der Waals surface area contributed by atoms with Gasteiger partial charge in [-0.1, -0.05) is 0 Å². The van der Waals surface area contributed by atoms with Crippen LogP contribution in [0.1, 0.15) is 61.4 Å². The lowest BCUT2D eigenvalue weighted by Crippen LogP contribution is -2.44. The van der Waals surface area contributed by atoms with Gasteiger partial charge in [-0.15, -0.1) is 11.3 Å². The van der Waals surface area contributed by atoms with Gasteiger partial charge in [0.1, 0.15) is 10.8 Å². The Bertz CT molecular complexity index is 1270. The molecule has 3 aromatic rings. The summed E-state index contributed by atoms with van der Waals surface area (Å²) in [7, 11) is 1.64. The van der Waals surface area contributed by atoms with Crippen molar-refractivity contribution in [2.24, 2.45) is 7.05 Å². The molecule has 3 rings (SSSR count). The summed E-state index contributed by atoms with van der Waals surface area (Å²) >= 11 is 1.44. The molecule has 2 N–H and O–H groups in total. The number of hydrogen-bond donors (Lipinski definition) is 2. The Balaban J connectivity index is 1.87. The lowest BCUT2D eigenvalue weighted by molar-refractivity contribution is -0.118. The van der Waals surface area contributed by atoms with Crippen LogP contribution in [0.15, 0.2) is 24.4 Å². The number of rotatable bonds is 6. The van der Waals surface area contributed by atoms with Crippen molar-refractivity contribution in [3.63, 3.8) is 0 Å². The topological polar surface area (TPSA) is 93.1 Å². The average Bonchev–Trinajstić information content (AvgIpc) is 3.26. The molecule has 0 saturated carbocycles. The molecule has 0 aliphatic carbocycles. The second-order valence-electron chi connectivity index (χ2n) is 8.60. The van der Waals surface area contributed by atoms with E-state index in [9.17, 15) is 18.8 Å². The summed E-state index contributed by atoms with van der Waals surface area (Å²) in [5.74, 6) is -2.33. The number of Topliss-reactive ketones (excluding diaryl/α,β-unsaturated/α-hetero) is 1. The number of nitrogens with zero attached hydrogens (tertiary/aromatic N) is 2. The van der Waals surface area contributed by atoms with Crippen molar-refractivity contribution in [1.82, 2.24) is 14.9 Å². The van der Waals surface area contributed by atoms with E-state index in [4.69, 9.17) is 0 Å². The summed E-state index contributed by atoms with van der Waals surface area (Å²) in [4.78, 5) is 44.3. The van der Waals surface area contributed by atoms with Crippen LogP contribution in [0.3, 0.4) is 0 Å². The highest BCUT2D eigenvalue weighted by Gasteiger charge is 2.33. The second-order valence-corrected chi connectivity index (χ2v) is 9.83. The Morgan fingerprint density at radius 3 is 2.36 bits per heavy atom. The van der Waals surface area contributed by atoms with Crippen molar-refractivity contribution in [3.05, 3.63) is 68.2 Å². The van der Waals surface area contributed by atoms with Gasteiger partial charge < -0.3 is 15.2 Å². The minimum atomic E-state index is -0.833. The molecule has 0 aliphatic heterocycles. The van der Waals surface area contributed by atoms with Gasteiger partial charge in [0, 0.05) is 29.5 Å². The molecule has 0 atom stereocenters. The van der Waals surface area contributed by atoms with Gasteiger partial charge in [-0.2, -0.15) is 0 Å². The van der Waals surface area contributed by atoms with Crippen LogP contribution in [-0.2, 0) is 17.4 Å². The number of hydrogen-bond acceptors (Lipinski definition) is 5. The molecule has 1 aromatic carbocycles. The minimum Gasteiger partial charge on any atom is -0.344 e. The number of benzene rings is 1. The zero-order chi connectivity index (χ0) is 24.7. The largest absolute Gasteiger partial charge is 0.344 e. The molecule has 0 bridgehead atoms. The van der Waals surface area contributed by atoms with E-state index in [0.717, 1.165) is 4.88 Å². The first-order valence-electron chi connectivity index (χ1n) is 10.4. The number of aryl methyl sites for hydroxylation is 2. The van der Waals surface area contributed by atoms with E-state index >= 15 is 0 Å². The Morgan fingerprint density at radius 2 is 1.79 bits per heavy atom. The van der Waals surface area contributed by atoms with Gasteiger partial charge in [0.25, 0.3) is 17.6 Å². The van der Waals surface area contributed by atoms with Crippen LogP contribution in [0, 0.1) is 33.5 Å². The van der Waals surface area contributed by atoms with E-state index in [1.807, 2.05) is 6.92 Å². The average molecular weight is 471 g/mol. The summed E-state index contributed by atoms with van der Waals surface area (Å²) in [5, 5.41) is 6.19. The van der Waals surface area contributed by atoms with E-state index in [2.05, 4.69) is 15.6 Å². The molecule has 7 nitrogen and oxygen atoms in total. The molecule has 0 fully saturated rings. The maximum Gasteiger partial charge on any atom is 0.294 e. The second kappa shape index (κ2) is 8.90. The van der Waals surface area contributed by atoms with Crippen LogP contribution < -0.4 is 10.6 Å². The summed E-state index contributed by atoms with van der Waals surface area (Å²) in [6.45, 7) is 10.4. The van der Waals surface area contributed by atoms with E-state index in [0.29, 0.717) is 33.1 Å². The number of ketones is 1. The van der Waals surface area contributed by atoms with Gasteiger partial charge in [0.2, 0.25) is 0 Å². The number of anilines is 1. The molecule has 0 unspecified atom stereocenters. The number of halogens is 1. The Morgan fingerprint density at radius 1 is 1.12 bits per heavy atom. The molecular formula is C24H27FN4O3S. The standard InChI is InChI=1S/C24H27FN4O3S/c1-12-10-16(8-9-17(12)25)27-21(31)18-14(3)19(29(7)15(18)4)20(30)22(32)28-24(5,6)23-26-11-13(2)33-23/h8-11H,1-7H3,(H,27,31)(H,28,32). The predicted octanol–water partition coefficient (Wildman–Crippen LogP) is 4.34. The first-order valence-corrected chi connectivity index (χ1v) is 11.2. The maximum absolute atomic E-state index is 13.5. The van der Waals surface area contributed by atoms with Crippen LogP contribution >= 0.6 is 11.3 Å². The Labute approximate surface area is 196 Å². The molecule has 0 radical (unpaired) electrons. The van der Waals surface area contributed by atoms with Crippen molar-refractivity contribution in [2.45, 2.75) is 47.1 Å².